The van der Waals surface area contributed by atoms with Crippen molar-refractivity contribution in [2.24, 2.45) is 10.9 Å². The molecule has 1 aromatic carbocycles. The number of anilines is 1. The maximum absolute atomic E-state index is 4.42. The van der Waals surface area contributed by atoms with Crippen molar-refractivity contribution in [1.82, 2.24) is 10.2 Å². The topological polar surface area (TPSA) is 30.9 Å². The van der Waals surface area contributed by atoms with Crippen LogP contribution in [-0.4, -0.2) is 45.1 Å². The molecule has 4 nitrogen and oxygen atoms in total. The molecule has 1 heterocycles. The van der Waals surface area contributed by atoms with Gasteiger partial charge < -0.3 is 15.1 Å². The van der Waals surface area contributed by atoms with Gasteiger partial charge in [0.1, 0.15) is 0 Å². The Balaban J connectivity index is 0.00000242. The highest BCUT2D eigenvalue weighted by Crippen LogP contribution is 2.16. The number of hydrogen-bond acceptors (Lipinski definition) is 2. The van der Waals surface area contributed by atoms with E-state index in [2.05, 4.69) is 65.4 Å². The third-order valence-electron chi connectivity index (χ3n) is 4.20. The molecule has 0 aromatic heterocycles. The molecule has 1 fully saturated rings. The number of nitrogens with one attached hydrogen (secondary N) is 1. The molecule has 124 valence electrons. The third kappa shape index (κ3) is 5.34. The first-order valence-corrected chi connectivity index (χ1v) is 7.82. The van der Waals surface area contributed by atoms with Crippen LogP contribution in [0.2, 0.25) is 0 Å². The van der Waals surface area contributed by atoms with Gasteiger partial charge in [0, 0.05) is 46.5 Å². The normalized spacial score (nSPS) is 16.2. The number of hydrogen-bond donors (Lipinski definition) is 1. The Bertz CT molecular complexity index is 462. The molecule has 1 aromatic rings. The second kappa shape index (κ2) is 9.22. The number of halogens is 1. The van der Waals surface area contributed by atoms with Crippen molar-refractivity contribution in [3.8, 4) is 0 Å². The van der Waals surface area contributed by atoms with Crippen molar-refractivity contribution in [1.29, 1.82) is 0 Å². The van der Waals surface area contributed by atoms with Crippen molar-refractivity contribution in [2.75, 3.05) is 39.1 Å². The van der Waals surface area contributed by atoms with Gasteiger partial charge in [-0.1, -0.05) is 19.1 Å². The van der Waals surface area contributed by atoms with Crippen LogP contribution in [0.3, 0.4) is 0 Å². The van der Waals surface area contributed by atoms with Crippen LogP contribution in [0.25, 0.3) is 0 Å². The van der Waals surface area contributed by atoms with E-state index in [4.69, 9.17) is 0 Å². The van der Waals surface area contributed by atoms with Gasteiger partial charge in [-0.05, 0) is 36.5 Å². The number of likely N-dealkylation sites (tertiary alicyclic amines) is 1. The fraction of sp³-hybridized carbons (Fsp3) is 0.588. The summed E-state index contributed by atoms with van der Waals surface area (Å²) in [6.45, 7) is 5.38. The molecule has 0 amide bonds. The predicted molar refractivity (Wildman–Crippen MR) is 106 cm³/mol. The summed E-state index contributed by atoms with van der Waals surface area (Å²) in [6, 6.07) is 8.66. The van der Waals surface area contributed by atoms with Crippen molar-refractivity contribution >= 4 is 35.6 Å². The zero-order chi connectivity index (χ0) is 15.2. The highest BCUT2D eigenvalue weighted by molar-refractivity contribution is 14.0. The summed E-state index contributed by atoms with van der Waals surface area (Å²) in [5, 5.41) is 3.48. The smallest absolute Gasteiger partial charge is 0.193 e. The van der Waals surface area contributed by atoms with Gasteiger partial charge in [-0.25, -0.2) is 0 Å². The summed E-state index contributed by atoms with van der Waals surface area (Å²) in [6.07, 6.45) is 2.52. The van der Waals surface area contributed by atoms with Crippen LogP contribution >= 0.6 is 24.0 Å². The van der Waals surface area contributed by atoms with E-state index in [0.717, 1.165) is 31.5 Å². The molecule has 1 aliphatic heterocycles. The zero-order valence-electron chi connectivity index (χ0n) is 14.2. The molecule has 5 heteroatoms. The third-order valence-corrected chi connectivity index (χ3v) is 4.20. The first kappa shape index (κ1) is 19.1. The van der Waals surface area contributed by atoms with Crippen LogP contribution in [0.4, 0.5) is 5.69 Å². The van der Waals surface area contributed by atoms with Crippen LogP contribution < -0.4 is 10.2 Å². The minimum atomic E-state index is 0. The number of rotatable bonds is 3. The van der Waals surface area contributed by atoms with Gasteiger partial charge in [0.05, 0.1) is 0 Å². The molecule has 0 spiro atoms. The Morgan fingerprint density at radius 2 is 1.82 bits per heavy atom. The van der Waals surface area contributed by atoms with Gasteiger partial charge in [0.15, 0.2) is 5.96 Å². The lowest BCUT2D eigenvalue weighted by Gasteiger charge is -2.33. The van der Waals surface area contributed by atoms with Crippen LogP contribution in [-0.2, 0) is 6.54 Å². The molecule has 1 saturated heterocycles. The van der Waals surface area contributed by atoms with Gasteiger partial charge in [0.25, 0.3) is 0 Å². The van der Waals surface area contributed by atoms with Crippen molar-refractivity contribution in [3.05, 3.63) is 29.8 Å². The molecule has 0 aliphatic carbocycles. The lowest BCUT2D eigenvalue weighted by molar-refractivity contribution is 0.273. The lowest BCUT2D eigenvalue weighted by Crippen LogP contribution is -2.45. The monoisotopic (exact) mass is 416 g/mol. The summed E-state index contributed by atoms with van der Waals surface area (Å²) in [4.78, 5) is 8.91. The van der Waals surface area contributed by atoms with Gasteiger partial charge >= 0.3 is 0 Å². The van der Waals surface area contributed by atoms with Gasteiger partial charge in [-0.3, -0.25) is 4.99 Å². The number of benzene rings is 1. The van der Waals surface area contributed by atoms with Crippen molar-refractivity contribution in [2.45, 2.75) is 26.3 Å². The average molecular weight is 416 g/mol. The highest BCUT2D eigenvalue weighted by Gasteiger charge is 2.18. The molecular formula is C17H29IN4. The number of piperidine rings is 1. The maximum Gasteiger partial charge on any atom is 0.193 e. The molecule has 1 aliphatic rings. The summed E-state index contributed by atoms with van der Waals surface area (Å²) < 4.78 is 0. The van der Waals surface area contributed by atoms with Gasteiger partial charge in [-0.15, -0.1) is 24.0 Å². The quantitative estimate of drug-likeness (QED) is 0.467. The van der Waals surface area contributed by atoms with Crippen LogP contribution in [0, 0.1) is 5.92 Å². The second-order valence-corrected chi connectivity index (χ2v) is 6.13. The van der Waals surface area contributed by atoms with E-state index in [1.165, 1.54) is 24.1 Å². The molecule has 0 radical (unpaired) electrons. The van der Waals surface area contributed by atoms with E-state index in [9.17, 15) is 0 Å². The van der Waals surface area contributed by atoms with E-state index < -0.39 is 0 Å². The van der Waals surface area contributed by atoms with Crippen molar-refractivity contribution < 1.29 is 0 Å². The molecule has 0 saturated carbocycles. The number of nitrogens with zero attached hydrogens (tertiary/aromatic N) is 3. The van der Waals surface area contributed by atoms with E-state index in [1.807, 2.05) is 7.05 Å². The summed E-state index contributed by atoms with van der Waals surface area (Å²) >= 11 is 0. The minimum Gasteiger partial charge on any atom is -0.378 e. The Kier molecular flexibility index (Phi) is 8.00. The maximum atomic E-state index is 4.42. The molecule has 0 unspecified atom stereocenters. The number of aliphatic imine (C=N–C) groups is 1. The molecule has 1 N–H and O–H groups in total. The molecule has 0 atom stereocenters. The lowest BCUT2D eigenvalue weighted by atomic mass is 9.99. The molecular weight excluding hydrogens is 387 g/mol. The first-order chi connectivity index (χ1) is 10.1. The van der Waals surface area contributed by atoms with E-state index in [-0.39, 0.29) is 24.0 Å². The Hall–Kier alpha value is -0.980. The average Bonchev–Trinajstić information content (AvgIpc) is 2.50. The van der Waals surface area contributed by atoms with E-state index >= 15 is 0 Å². The number of guanidine groups is 1. The Labute approximate surface area is 152 Å². The summed E-state index contributed by atoms with van der Waals surface area (Å²) in [7, 11) is 5.99. The van der Waals surface area contributed by atoms with Gasteiger partial charge in [-0.2, -0.15) is 0 Å². The highest BCUT2D eigenvalue weighted by atomic mass is 127. The second-order valence-electron chi connectivity index (χ2n) is 6.13. The molecule has 0 bridgehead atoms. The van der Waals surface area contributed by atoms with E-state index in [1.54, 1.807) is 0 Å². The van der Waals surface area contributed by atoms with E-state index in [0.29, 0.717) is 0 Å². The first-order valence-electron chi connectivity index (χ1n) is 7.82. The fourth-order valence-electron chi connectivity index (χ4n) is 2.65. The Morgan fingerprint density at radius 1 is 1.23 bits per heavy atom. The van der Waals surface area contributed by atoms with Crippen LogP contribution in [0.15, 0.2) is 29.3 Å². The largest absolute Gasteiger partial charge is 0.378 e. The van der Waals surface area contributed by atoms with Gasteiger partial charge in [0.2, 0.25) is 0 Å². The SMILES string of the molecule is CN=C(NCc1ccc(N(C)C)cc1)N1CCC(C)CC1.I. The molecule has 22 heavy (non-hydrogen) atoms. The zero-order valence-corrected chi connectivity index (χ0v) is 16.5. The summed E-state index contributed by atoms with van der Waals surface area (Å²) in [5.74, 6) is 1.87. The minimum absolute atomic E-state index is 0. The molecule has 2 rings (SSSR count). The van der Waals surface area contributed by atoms with Crippen LogP contribution in [0.1, 0.15) is 25.3 Å². The summed E-state index contributed by atoms with van der Waals surface area (Å²) in [5.41, 5.74) is 2.51. The van der Waals surface area contributed by atoms with Crippen LogP contribution in [0.5, 0.6) is 0 Å². The standard InChI is InChI=1S/C17H28N4.HI/c1-14-9-11-21(12-10-14)17(18-2)19-13-15-5-7-16(8-6-15)20(3)4;/h5-8,14H,9-13H2,1-4H3,(H,18,19);1H. The predicted octanol–water partition coefficient (Wildman–Crippen LogP) is 3.18. The Morgan fingerprint density at radius 3 is 2.32 bits per heavy atom. The fourth-order valence-corrected chi connectivity index (χ4v) is 2.65. The van der Waals surface area contributed by atoms with Crippen molar-refractivity contribution in [3.63, 3.8) is 0 Å².